The SMILES string of the molecule is c1ccc(-c2ccc3ccc4c(-c5cc6c(oc7ccccc76)c6c5-c5ccccc5C6(c5ccccc5)c5ccccc5)ccc5ccc2c3c54)cc1. The molecule has 0 atom stereocenters. The summed E-state index contributed by atoms with van der Waals surface area (Å²) in [6.45, 7) is 0. The van der Waals surface area contributed by atoms with Crippen LogP contribution < -0.4 is 0 Å². The fourth-order valence-electron chi connectivity index (χ4n) is 9.92. The van der Waals surface area contributed by atoms with Gasteiger partial charge in [0.2, 0.25) is 0 Å². The van der Waals surface area contributed by atoms with Crippen LogP contribution in [-0.4, -0.2) is 0 Å². The Labute approximate surface area is 312 Å². The first-order chi connectivity index (χ1) is 26.8. The molecule has 1 heteroatoms. The van der Waals surface area contributed by atoms with Gasteiger partial charge in [0.25, 0.3) is 0 Å². The highest BCUT2D eigenvalue weighted by Gasteiger charge is 2.49. The van der Waals surface area contributed by atoms with Crippen LogP contribution in [0.1, 0.15) is 22.3 Å². The predicted octanol–water partition coefficient (Wildman–Crippen LogP) is 14.2. The summed E-state index contributed by atoms with van der Waals surface area (Å²) >= 11 is 0. The van der Waals surface area contributed by atoms with Crippen molar-refractivity contribution in [1.82, 2.24) is 0 Å². The third kappa shape index (κ3) is 3.83. The highest BCUT2D eigenvalue weighted by molar-refractivity contribution is 6.28. The maximum Gasteiger partial charge on any atom is 0.140 e. The van der Waals surface area contributed by atoms with Crippen LogP contribution in [0.3, 0.4) is 0 Å². The molecule has 0 N–H and O–H groups in total. The number of hydrogen-bond acceptors (Lipinski definition) is 1. The minimum Gasteiger partial charge on any atom is -0.456 e. The van der Waals surface area contributed by atoms with Crippen LogP contribution in [0.5, 0.6) is 0 Å². The molecule has 1 aliphatic rings. The summed E-state index contributed by atoms with van der Waals surface area (Å²) in [6.07, 6.45) is 0. The standard InChI is InChI=1S/C53H32O/c1-4-14-33(15-5-1)38-28-24-34-27-31-42-39(29-25-35-26-30-41(38)48(34)49(35)42)44-32-45-40-20-11-13-23-47(40)54-52(45)51-50(44)43-21-10-12-22-46(43)53(51,36-16-6-2-7-17-36)37-18-8-3-9-19-37/h1-32H. The van der Waals surface area contributed by atoms with Gasteiger partial charge in [-0.25, -0.2) is 0 Å². The van der Waals surface area contributed by atoms with Crippen LogP contribution in [0.25, 0.3) is 87.6 Å². The molecule has 1 aromatic heterocycles. The molecule has 0 unspecified atom stereocenters. The van der Waals surface area contributed by atoms with E-state index in [1.54, 1.807) is 0 Å². The molecule has 0 spiro atoms. The first kappa shape index (κ1) is 29.6. The van der Waals surface area contributed by atoms with E-state index in [9.17, 15) is 0 Å². The molecule has 10 aromatic carbocycles. The first-order valence-electron chi connectivity index (χ1n) is 18.8. The molecule has 0 fully saturated rings. The zero-order valence-corrected chi connectivity index (χ0v) is 29.4. The van der Waals surface area contributed by atoms with Gasteiger partial charge in [0.05, 0.1) is 5.41 Å². The maximum absolute atomic E-state index is 7.05. The van der Waals surface area contributed by atoms with E-state index in [1.165, 1.54) is 88.0 Å². The third-order valence-corrected chi connectivity index (χ3v) is 12.1. The summed E-state index contributed by atoms with van der Waals surface area (Å²) in [6, 6.07) is 71.4. The quantitative estimate of drug-likeness (QED) is 0.168. The molecule has 12 rings (SSSR count). The summed E-state index contributed by atoms with van der Waals surface area (Å²) in [5, 5.41) is 9.98. The zero-order valence-electron chi connectivity index (χ0n) is 29.4. The Balaban J connectivity index is 1.27. The van der Waals surface area contributed by atoms with Crippen molar-refractivity contribution < 1.29 is 4.42 Å². The second kappa shape index (κ2) is 11.0. The number of fused-ring (bicyclic) bond motifs is 7. The van der Waals surface area contributed by atoms with E-state index < -0.39 is 5.41 Å². The third-order valence-electron chi connectivity index (χ3n) is 12.1. The highest BCUT2D eigenvalue weighted by atomic mass is 16.3. The van der Waals surface area contributed by atoms with Gasteiger partial charge in [-0.3, -0.25) is 0 Å². The normalized spacial score (nSPS) is 13.3. The Bertz CT molecular complexity index is 3200. The van der Waals surface area contributed by atoms with Gasteiger partial charge in [-0.1, -0.05) is 182 Å². The minimum absolute atomic E-state index is 0.606. The number of furan rings is 1. The van der Waals surface area contributed by atoms with Gasteiger partial charge in [0.1, 0.15) is 11.2 Å². The van der Waals surface area contributed by atoms with Crippen LogP contribution in [0.2, 0.25) is 0 Å². The van der Waals surface area contributed by atoms with E-state index in [-0.39, 0.29) is 0 Å². The van der Waals surface area contributed by atoms with Crippen molar-refractivity contribution in [1.29, 1.82) is 0 Å². The maximum atomic E-state index is 7.05. The smallest absolute Gasteiger partial charge is 0.140 e. The molecule has 1 nitrogen and oxygen atoms in total. The van der Waals surface area contributed by atoms with Gasteiger partial charge >= 0.3 is 0 Å². The molecular weight excluding hydrogens is 653 g/mol. The molecule has 0 aliphatic heterocycles. The Morgan fingerprint density at radius 2 is 0.926 bits per heavy atom. The lowest BCUT2D eigenvalue weighted by Crippen LogP contribution is -2.28. The van der Waals surface area contributed by atoms with Crippen molar-refractivity contribution in [2.24, 2.45) is 0 Å². The van der Waals surface area contributed by atoms with Crippen molar-refractivity contribution in [2.75, 3.05) is 0 Å². The predicted molar refractivity (Wildman–Crippen MR) is 226 cm³/mol. The van der Waals surface area contributed by atoms with Gasteiger partial charge in [0, 0.05) is 16.3 Å². The van der Waals surface area contributed by atoms with Crippen LogP contribution >= 0.6 is 0 Å². The number of hydrogen-bond donors (Lipinski definition) is 0. The molecule has 0 saturated heterocycles. The molecule has 250 valence electrons. The van der Waals surface area contributed by atoms with Gasteiger partial charge in [-0.05, 0) is 94.5 Å². The second-order valence-corrected chi connectivity index (χ2v) is 14.7. The van der Waals surface area contributed by atoms with E-state index in [2.05, 4.69) is 194 Å². The molecule has 54 heavy (non-hydrogen) atoms. The topological polar surface area (TPSA) is 13.1 Å². The van der Waals surface area contributed by atoms with E-state index in [4.69, 9.17) is 4.42 Å². The summed E-state index contributed by atoms with van der Waals surface area (Å²) in [4.78, 5) is 0. The van der Waals surface area contributed by atoms with Gasteiger partial charge in [-0.2, -0.15) is 0 Å². The minimum atomic E-state index is -0.606. The van der Waals surface area contributed by atoms with Crippen LogP contribution in [0.4, 0.5) is 0 Å². The lowest BCUT2D eigenvalue weighted by Gasteiger charge is -2.34. The molecule has 11 aromatic rings. The summed E-state index contributed by atoms with van der Waals surface area (Å²) in [7, 11) is 0. The first-order valence-corrected chi connectivity index (χ1v) is 18.8. The van der Waals surface area contributed by atoms with Crippen LogP contribution in [0, 0.1) is 0 Å². The Kier molecular flexibility index (Phi) is 6.04. The molecule has 0 amide bonds. The Morgan fingerprint density at radius 3 is 1.63 bits per heavy atom. The Morgan fingerprint density at radius 1 is 0.370 bits per heavy atom. The Hall–Kier alpha value is -6.96. The lowest BCUT2D eigenvalue weighted by atomic mass is 9.67. The summed E-state index contributed by atoms with van der Waals surface area (Å²) in [5.41, 5.74) is 13.6. The van der Waals surface area contributed by atoms with E-state index in [1.807, 2.05) is 0 Å². The van der Waals surface area contributed by atoms with Gasteiger partial charge < -0.3 is 4.42 Å². The molecule has 1 aliphatic carbocycles. The fraction of sp³-hybridized carbons (Fsp3) is 0.0189. The summed E-state index contributed by atoms with van der Waals surface area (Å²) in [5.74, 6) is 0. The molecule has 0 saturated carbocycles. The van der Waals surface area contributed by atoms with Crippen molar-refractivity contribution in [3.8, 4) is 33.4 Å². The average Bonchev–Trinajstić information content (AvgIpc) is 3.78. The largest absolute Gasteiger partial charge is 0.456 e. The average molecular weight is 685 g/mol. The van der Waals surface area contributed by atoms with Crippen molar-refractivity contribution in [2.45, 2.75) is 5.41 Å². The number of para-hydroxylation sites is 1. The van der Waals surface area contributed by atoms with Crippen molar-refractivity contribution in [3.63, 3.8) is 0 Å². The monoisotopic (exact) mass is 684 g/mol. The van der Waals surface area contributed by atoms with Crippen LogP contribution in [-0.2, 0) is 5.41 Å². The summed E-state index contributed by atoms with van der Waals surface area (Å²) < 4.78 is 7.05. The van der Waals surface area contributed by atoms with E-state index in [0.29, 0.717) is 0 Å². The van der Waals surface area contributed by atoms with Crippen molar-refractivity contribution >= 4 is 54.3 Å². The molecule has 1 heterocycles. The number of benzene rings is 10. The van der Waals surface area contributed by atoms with Crippen LogP contribution in [0.15, 0.2) is 199 Å². The van der Waals surface area contributed by atoms with Gasteiger partial charge in [-0.15, -0.1) is 0 Å². The van der Waals surface area contributed by atoms with E-state index >= 15 is 0 Å². The van der Waals surface area contributed by atoms with E-state index in [0.717, 1.165) is 21.9 Å². The molecule has 0 bridgehead atoms. The second-order valence-electron chi connectivity index (χ2n) is 14.7. The molecular formula is C53H32O. The zero-order chi connectivity index (χ0) is 35.4. The van der Waals surface area contributed by atoms with Gasteiger partial charge in [0.15, 0.2) is 0 Å². The fourth-order valence-corrected chi connectivity index (χ4v) is 9.92. The van der Waals surface area contributed by atoms with Crippen molar-refractivity contribution in [3.05, 3.63) is 216 Å². The molecule has 0 radical (unpaired) electrons. The lowest BCUT2D eigenvalue weighted by molar-refractivity contribution is 0.650. The highest BCUT2D eigenvalue weighted by Crippen LogP contribution is 2.61. The number of rotatable bonds is 4.